The number of nitrogens with zero attached hydrogens (tertiary/aromatic N) is 2. The predicted octanol–water partition coefficient (Wildman–Crippen LogP) is 3.20. The molecule has 1 aliphatic carbocycles. The van der Waals surface area contributed by atoms with Crippen molar-refractivity contribution in [1.82, 2.24) is 9.55 Å². The van der Waals surface area contributed by atoms with E-state index in [0.29, 0.717) is 11.6 Å². The van der Waals surface area contributed by atoms with E-state index in [0.717, 1.165) is 29.7 Å². The van der Waals surface area contributed by atoms with Gasteiger partial charge < -0.3 is 10.3 Å². The number of hydrogen-bond donors (Lipinski definition) is 1. The Balaban J connectivity index is 2.08. The van der Waals surface area contributed by atoms with Crippen molar-refractivity contribution in [3.05, 3.63) is 29.6 Å². The summed E-state index contributed by atoms with van der Waals surface area (Å²) in [5, 5.41) is 0. The lowest BCUT2D eigenvalue weighted by Gasteiger charge is -2.09. The third-order valence-corrected chi connectivity index (χ3v) is 3.96. The van der Waals surface area contributed by atoms with Gasteiger partial charge in [0.05, 0.1) is 16.6 Å². The first-order valence-electron chi connectivity index (χ1n) is 7.52. The van der Waals surface area contributed by atoms with Gasteiger partial charge >= 0.3 is 0 Å². The Labute approximate surface area is 119 Å². The first kappa shape index (κ1) is 13.2. The number of carbonyl (C=O) groups is 1. The second-order valence-corrected chi connectivity index (χ2v) is 5.62. The molecule has 0 saturated heterocycles. The van der Waals surface area contributed by atoms with Crippen LogP contribution in [0.15, 0.2) is 18.2 Å². The molecule has 0 unspecified atom stereocenters. The summed E-state index contributed by atoms with van der Waals surface area (Å²) in [7, 11) is 0. The van der Waals surface area contributed by atoms with E-state index in [1.807, 2.05) is 12.1 Å². The van der Waals surface area contributed by atoms with Crippen LogP contribution < -0.4 is 5.73 Å². The second-order valence-electron chi connectivity index (χ2n) is 5.62. The molecule has 2 N–H and O–H groups in total. The Bertz CT molecular complexity index is 640. The lowest BCUT2D eigenvalue weighted by molar-refractivity contribution is 0.100. The first-order chi connectivity index (χ1) is 9.72. The Morgan fingerprint density at radius 1 is 1.40 bits per heavy atom. The number of unbranched alkanes of at least 4 members (excludes halogenated alkanes) is 2. The Morgan fingerprint density at radius 2 is 2.20 bits per heavy atom. The van der Waals surface area contributed by atoms with Crippen LogP contribution >= 0.6 is 0 Å². The molecule has 0 atom stereocenters. The van der Waals surface area contributed by atoms with Crippen molar-refractivity contribution in [2.45, 2.75) is 51.5 Å². The van der Waals surface area contributed by atoms with Crippen LogP contribution in [0.4, 0.5) is 0 Å². The molecule has 1 aromatic heterocycles. The fraction of sp³-hybridized carbons (Fsp3) is 0.500. The number of hydrogen-bond acceptors (Lipinski definition) is 2. The minimum Gasteiger partial charge on any atom is -0.366 e. The molecule has 1 fully saturated rings. The molecular weight excluding hydrogens is 250 g/mol. The number of aromatic nitrogens is 2. The van der Waals surface area contributed by atoms with Gasteiger partial charge in [-0.3, -0.25) is 4.79 Å². The van der Waals surface area contributed by atoms with Gasteiger partial charge in [0.25, 0.3) is 5.91 Å². The van der Waals surface area contributed by atoms with Gasteiger partial charge in [0, 0.05) is 12.5 Å². The average molecular weight is 271 g/mol. The summed E-state index contributed by atoms with van der Waals surface area (Å²) in [4.78, 5) is 16.4. The van der Waals surface area contributed by atoms with Gasteiger partial charge in [0.2, 0.25) is 0 Å². The average Bonchev–Trinajstić information content (AvgIpc) is 3.19. The fourth-order valence-electron chi connectivity index (χ4n) is 2.83. The van der Waals surface area contributed by atoms with Crippen molar-refractivity contribution in [3.63, 3.8) is 0 Å². The number of para-hydroxylation sites is 1. The van der Waals surface area contributed by atoms with Crippen molar-refractivity contribution in [2.24, 2.45) is 5.73 Å². The zero-order valence-corrected chi connectivity index (χ0v) is 11.9. The van der Waals surface area contributed by atoms with Crippen LogP contribution in [0.2, 0.25) is 0 Å². The molecule has 1 aliphatic rings. The number of amides is 1. The fourth-order valence-corrected chi connectivity index (χ4v) is 2.83. The van der Waals surface area contributed by atoms with E-state index in [9.17, 15) is 4.79 Å². The molecule has 20 heavy (non-hydrogen) atoms. The number of carbonyl (C=O) groups excluding carboxylic acids is 1. The van der Waals surface area contributed by atoms with E-state index in [-0.39, 0.29) is 5.91 Å². The standard InChI is InChI=1S/C16H21N3O/c1-2-3-4-8-14-18-13-7-5-6-12(16(17)20)15(13)19(14)11-9-10-11/h5-7,11H,2-4,8-10H2,1H3,(H2,17,20). The highest BCUT2D eigenvalue weighted by Crippen LogP contribution is 2.39. The normalized spacial score (nSPS) is 14.8. The van der Waals surface area contributed by atoms with Gasteiger partial charge in [-0.25, -0.2) is 4.98 Å². The van der Waals surface area contributed by atoms with Crippen molar-refractivity contribution >= 4 is 16.9 Å². The van der Waals surface area contributed by atoms with Crippen LogP contribution in [0.5, 0.6) is 0 Å². The van der Waals surface area contributed by atoms with Gasteiger partial charge in [-0.2, -0.15) is 0 Å². The van der Waals surface area contributed by atoms with E-state index in [1.54, 1.807) is 6.07 Å². The van der Waals surface area contributed by atoms with Gasteiger partial charge in [-0.05, 0) is 31.4 Å². The number of primary amides is 1. The van der Waals surface area contributed by atoms with E-state index >= 15 is 0 Å². The van der Waals surface area contributed by atoms with Crippen LogP contribution in [0.3, 0.4) is 0 Å². The van der Waals surface area contributed by atoms with Crippen molar-refractivity contribution in [2.75, 3.05) is 0 Å². The summed E-state index contributed by atoms with van der Waals surface area (Å²) in [5.74, 6) is 0.752. The monoisotopic (exact) mass is 271 g/mol. The third kappa shape index (κ3) is 2.30. The molecule has 0 bridgehead atoms. The predicted molar refractivity (Wildman–Crippen MR) is 79.8 cm³/mol. The SMILES string of the molecule is CCCCCc1nc2cccc(C(N)=O)c2n1C1CC1. The number of benzene rings is 1. The summed E-state index contributed by atoms with van der Waals surface area (Å²) in [5.41, 5.74) is 7.96. The Kier molecular flexibility index (Phi) is 3.47. The molecule has 1 saturated carbocycles. The van der Waals surface area contributed by atoms with Crippen molar-refractivity contribution in [1.29, 1.82) is 0 Å². The highest BCUT2D eigenvalue weighted by molar-refractivity contribution is 6.04. The number of imidazole rings is 1. The van der Waals surface area contributed by atoms with Crippen molar-refractivity contribution in [3.8, 4) is 0 Å². The quantitative estimate of drug-likeness (QED) is 0.820. The number of nitrogens with two attached hydrogens (primary N) is 1. The minimum atomic E-state index is -0.363. The van der Waals surface area contributed by atoms with Crippen LogP contribution in [0.1, 0.15) is 61.3 Å². The van der Waals surface area contributed by atoms with Gasteiger partial charge in [-0.15, -0.1) is 0 Å². The van der Waals surface area contributed by atoms with Gasteiger partial charge in [0.15, 0.2) is 0 Å². The molecule has 1 amide bonds. The molecule has 106 valence electrons. The summed E-state index contributed by atoms with van der Waals surface area (Å²) in [6.07, 6.45) is 6.92. The molecule has 0 aliphatic heterocycles. The van der Waals surface area contributed by atoms with Crippen molar-refractivity contribution < 1.29 is 4.79 Å². The zero-order chi connectivity index (χ0) is 14.1. The van der Waals surface area contributed by atoms with Gasteiger partial charge in [0.1, 0.15) is 5.82 Å². The van der Waals surface area contributed by atoms with Gasteiger partial charge in [-0.1, -0.05) is 25.8 Å². The highest BCUT2D eigenvalue weighted by atomic mass is 16.1. The van der Waals surface area contributed by atoms with E-state index in [2.05, 4.69) is 11.5 Å². The summed E-state index contributed by atoms with van der Waals surface area (Å²) < 4.78 is 2.27. The maximum absolute atomic E-state index is 11.7. The van der Waals surface area contributed by atoms with Crippen LogP contribution in [0, 0.1) is 0 Å². The lowest BCUT2D eigenvalue weighted by Crippen LogP contribution is -2.13. The molecule has 0 radical (unpaired) electrons. The second kappa shape index (κ2) is 5.27. The molecule has 4 heteroatoms. The molecular formula is C16H21N3O. The zero-order valence-electron chi connectivity index (χ0n) is 11.9. The summed E-state index contributed by atoms with van der Waals surface area (Å²) in [6, 6.07) is 6.16. The minimum absolute atomic E-state index is 0.363. The topological polar surface area (TPSA) is 60.9 Å². The maximum atomic E-state index is 11.7. The molecule has 3 rings (SSSR count). The maximum Gasteiger partial charge on any atom is 0.250 e. The number of aryl methyl sites for hydroxylation is 1. The van der Waals surface area contributed by atoms with E-state index in [1.165, 1.54) is 25.7 Å². The smallest absolute Gasteiger partial charge is 0.250 e. The lowest BCUT2D eigenvalue weighted by atomic mass is 10.1. The van der Waals surface area contributed by atoms with Crippen LogP contribution in [0.25, 0.3) is 11.0 Å². The molecule has 4 nitrogen and oxygen atoms in total. The van der Waals surface area contributed by atoms with Crippen LogP contribution in [-0.4, -0.2) is 15.5 Å². The number of rotatable bonds is 6. The van der Waals surface area contributed by atoms with Crippen LogP contribution in [-0.2, 0) is 6.42 Å². The Morgan fingerprint density at radius 3 is 2.85 bits per heavy atom. The third-order valence-electron chi connectivity index (χ3n) is 3.96. The highest BCUT2D eigenvalue weighted by Gasteiger charge is 2.29. The van der Waals surface area contributed by atoms with E-state index < -0.39 is 0 Å². The first-order valence-corrected chi connectivity index (χ1v) is 7.52. The Hall–Kier alpha value is -1.84. The van der Waals surface area contributed by atoms with E-state index in [4.69, 9.17) is 10.7 Å². The molecule has 1 aromatic carbocycles. The molecule has 2 aromatic rings. The number of fused-ring (bicyclic) bond motifs is 1. The largest absolute Gasteiger partial charge is 0.366 e. The molecule has 1 heterocycles. The summed E-state index contributed by atoms with van der Waals surface area (Å²) in [6.45, 7) is 2.20. The molecule has 0 spiro atoms. The summed E-state index contributed by atoms with van der Waals surface area (Å²) >= 11 is 0.